The normalized spacial score (nSPS) is 17.2. The van der Waals surface area contributed by atoms with E-state index in [0.717, 1.165) is 25.7 Å². The van der Waals surface area contributed by atoms with Crippen LogP contribution in [-0.4, -0.2) is 48.7 Å². The van der Waals surface area contributed by atoms with E-state index in [1.165, 1.54) is 23.9 Å². The molecule has 1 aliphatic rings. The number of aromatic nitrogens is 3. The maximum absolute atomic E-state index is 12.9. The van der Waals surface area contributed by atoms with Crippen LogP contribution < -0.4 is 10.1 Å². The van der Waals surface area contributed by atoms with Crippen molar-refractivity contribution in [2.45, 2.75) is 65.0 Å². The van der Waals surface area contributed by atoms with Gasteiger partial charge in [-0.15, -0.1) is 0 Å². The Bertz CT molecular complexity index is 1150. The van der Waals surface area contributed by atoms with E-state index >= 15 is 0 Å². The Balaban J connectivity index is 0.00000153. The molecule has 1 aliphatic carbocycles. The summed E-state index contributed by atoms with van der Waals surface area (Å²) in [5, 5.41) is 12.8. The van der Waals surface area contributed by atoms with Gasteiger partial charge in [0.25, 0.3) is 5.91 Å². The van der Waals surface area contributed by atoms with Gasteiger partial charge in [0, 0.05) is 25.6 Å². The fraction of sp³-hybridized carbons (Fsp3) is 0.583. The molecule has 0 radical (unpaired) electrons. The van der Waals surface area contributed by atoms with Crippen LogP contribution in [0.1, 0.15) is 73.5 Å². The summed E-state index contributed by atoms with van der Waals surface area (Å²) in [6, 6.07) is 3.52. The number of pyridine rings is 1. The van der Waals surface area contributed by atoms with Crippen LogP contribution in [-0.2, 0) is 24.4 Å². The molecule has 0 aromatic carbocycles. The molecule has 2 aromatic heterocycles. The van der Waals surface area contributed by atoms with Gasteiger partial charge < -0.3 is 10.1 Å². The molecule has 0 unspecified atom stereocenters. The molecule has 9 nitrogen and oxygen atoms in total. The van der Waals surface area contributed by atoms with Crippen molar-refractivity contribution in [1.82, 2.24) is 19.9 Å². The van der Waals surface area contributed by atoms with E-state index in [2.05, 4.69) is 22.2 Å². The lowest BCUT2D eigenvalue weighted by Gasteiger charge is -2.26. The Kier molecular flexibility index (Phi) is 11.2. The zero-order valence-corrected chi connectivity index (χ0v) is 21.7. The highest BCUT2D eigenvalue weighted by atomic mass is 32.1. The number of nitriles is 1. The summed E-state index contributed by atoms with van der Waals surface area (Å²) in [6.45, 7) is 4.59. The fourth-order valence-corrected chi connectivity index (χ4v) is 4.27. The third-order valence-corrected chi connectivity index (χ3v) is 6.29. The molecule has 0 spiro atoms. The second kappa shape index (κ2) is 13.9. The van der Waals surface area contributed by atoms with E-state index in [1.54, 1.807) is 0 Å². The van der Waals surface area contributed by atoms with E-state index in [-0.39, 0.29) is 29.4 Å². The minimum Gasteiger partial charge on any atom is -0.493 e. The first-order valence-electron chi connectivity index (χ1n) is 11.9. The minimum absolute atomic E-state index is 0.00790. The van der Waals surface area contributed by atoms with E-state index in [9.17, 15) is 23.2 Å². The summed E-state index contributed by atoms with van der Waals surface area (Å²) in [5.74, 6) is 1.53. The molecule has 0 saturated heterocycles. The molecule has 1 N–H and O–H groups in total. The molecule has 0 bridgehead atoms. The maximum Gasteiger partial charge on any atom is 0.389 e. The SMILES string of the molecule is CCc1nc(C(=O)NCC2CCC(C)CC2)c(C#N)n1-c1ncc(CCC(F)(F)F)cc1OC.O=S=O. The summed E-state index contributed by atoms with van der Waals surface area (Å²) >= 11 is -0.750. The second-order valence-electron chi connectivity index (χ2n) is 8.91. The number of imidazole rings is 1. The predicted molar refractivity (Wildman–Crippen MR) is 129 cm³/mol. The molecule has 1 fully saturated rings. The van der Waals surface area contributed by atoms with Crippen LogP contribution in [0.5, 0.6) is 5.75 Å². The van der Waals surface area contributed by atoms with Crippen molar-refractivity contribution in [3.8, 4) is 17.6 Å². The number of rotatable bonds is 8. The van der Waals surface area contributed by atoms with Crippen LogP contribution >= 0.6 is 0 Å². The van der Waals surface area contributed by atoms with Crippen LogP contribution in [0.2, 0.25) is 0 Å². The van der Waals surface area contributed by atoms with Crippen molar-refractivity contribution in [3.63, 3.8) is 0 Å². The Hall–Kier alpha value is -3.27. The lowest BCUT2D eigenvalue weighted by molar-refractivity contribution is -0.134. The van der Waals surface area contributed by atoms with Gasteiger partial charge >= 0.3 is 17.7 Å². The van der Waals surface area contributed by atoms with Crippen molar-refractivity contribution in [2.75, 3.05) is 13.7 Å². The second-order valence-corrected chi connectivity index (χ2v) is 9.05. The largest absolute Gasteiger partial charge is 0.493 e. The molecule has 2 aromatic rings. The summed E-state index contributed by atoms with van der Waals surface area (Å²) < 4.78 is 61.2. The van der Waals surface area contributed by atoms with Gasteiger partial charge in [-0.1, -0.05) is 26.7 Å². The highest BCUT2D eigenvalue weighted by Crippen LogP contribution is 2.30. The number of methoxy groups -OCH3 is 1. The number of hydrogen-bond acceptors (Lipinski definition) is 7. The van der Waals surface area contributed by atoms with E-state index in [0.29, 0.717) is 36.2 Å². The molecule has 13 heteroatoms. The van der Waals surface area contributed by atoms with E-state index in [4.69, 9.17) is 13.2 Å². The monoisotopic (exact) mass is 541 g/mol. The molecule has 37 heavy (non-hydrogen) atoms. The topological polar surface area (TPSA) is 127 Å². The van der Waals surface area contributed by atoms with Gasteiger partial charge in [0.05, 0.1) is 7.11 Å². The molecular formula is C24H30F3N5O4S. The quantitative estimate of drug-likeness (QED) is 0.533. The number of carbonyl (C=O) groups excluding carboxylic acids is 1. The van der Waals surface area contributed by atoms with Crippen molar-refractivity contribution < 1.29 is 31.1 Å². The van der Waals surface area contributed by atoms with Gasteiger partial charge in [-0.3, -0.25) is 9.36 Å². The first-order valence-corrected chi connectivity index (χ1v) is 12.6. The van der Waals surface area contributed by atoms with Gasteiger partial charge in [0.15, 0.2) is 23.0 Å². The van der Waals surface area contributed by atoms with Crippen molar-refractivity contribution in [3.05, 3.63) is 35.0 Å². The number of amides is 1. The van der Waals surface area contributed by atoms with Crippen molar-refractivity contribution in [1.29, 1.82) is 5.26 Å². The lowest BCUT2D eigenvalue weighted by Crippen LogP contribution is -2.31. The number of nitrogens with one attached hydrogen (secondary N) is 1. The van der Waals surface area contributed by atoms with Crippen LogP contribution in [0.15, 0.2) is 12.3 Å². The minimum atomic E-state index is -4.28. The molecule has 2 heterocycles. The van der Waals surface area contributed by atoms with Crippen molar-refractivity contribution >= 4 is 17.5 Å². The number of hydrogen-bond donors (Lipinski definition) is 1. The standard InChI is InChI=1S/C24H30F3N5O2.O2S/c1-4-20-31-21(23(33)30-13-16-7-5-15(2)6-8-16)18(12-28)32(20)22-19(34-3)11-17(14-29-22)9-10-24(25,26)27;1-3-2/h11,14-16H,4-10,13H2,1-3H3,(H,30,33);. The average molecular weight is 542 g/mol. The molecule has 0 atom stereocenters. The Labute approximate surface area is 217 Å². The smallest absolute Gasteiger partial charge is 0.389 e. The van der Waals surface area contributed by atoms with Gasteiger partial charge in [-0.25, -0.2) is 9.97 Å². The Morgan fingerprint density at radius 3 is 2.49 bits per heavy atom. The van der Waals surface area contributed by atoms with Crippen LogP contribution in [0.3, 0.4) is 0 Å². The zero-order chi connectivity index (χ0) is 27.6. The summed E-state index contributed by atoms with van der Waals surface area (Å²) in [6.07, 6.45) is 0.638. The number of carbonyl (C=O) groups is 1. The molecule has 1 saturated carbocycles. The van der Waals surface area contributed by atoms with Gasteiger partial charge in [-0.05, 0) is 42.7 Å². The van der Waals surface area contributed by atoms with Crippen molar-refractivity contribution in [2.24, 2.45) is 11.8 Å². The van der Waals surface area contributed by atoms with Gasteiger partial charge in [0.1, 0.15) is 11.9 Å². The van der Waals surface area contributed by atoms with Gasteiger partial charge in [-0.2, -0.15) is 26.9 Å². The van der Waals surface area contributed by atoms with E-state index in [1.807, 2.05) is 13.0 Å². The zero-order valence-electron chi connectivity index (χ0n) is 20.9. The lowest BCUT2D eigenvalue weighted by atomic mass is 9.83. The van der Waals surface area contributed by atoms with E-state index < -0.39 is 30.1 Å². The third-order valence-electron chi connectivity index (χ3n) is 6.29. The van der Waals surface area contributed by atoms with Crippen LogP contribution in [0.25, 0.3) is 5.82 Å². The number of ether oxygens (including phenoxy) is 1. The van der Waals surface area contributed by atoms with Crippen LogP contribution in [0, 0.1) is 23.2 Å². The number of nitrogens with zero attached hydrogens (tertiary/aromatic N) is 4. The first-order chi connectivity index (χ1) is 17.6. The molecular weight excluding hydrogens is 511 g/mol. The fourth-order valence-electron chi connectivity index (χ4n) is 4.27. The molecule has 202 valence electrons. The average Bonchev–Trinajstić information content (AvgIpc) is 3.25. The summed E-state index contributed by atoms with van der Waals surface area (Å²) in [7, 11) is 1.38. The number of alkyl halides is 3. The van der Waals surface area contributed by atoms with Gasteiger partial charge in [0.2, 0.25) is 0 Å². The summed E-state index contributed by atoms with van der Waals surface area (Å²) in [5.41, 5.74) is 0.378. The number of halogens is 3. The highest BCUT2D eigenvalue weighted by molar-refractivity contribution is 7.51. The maximum atomic E-state index is 12.9. The Morgan fingerprint density at radius 1 is 1.30 bits per heavy atom. The third kappa shape index (κ3) is 8.38. The molecule has 3 rings (SSSR count). The molecule has 1 amide bonds. The number of aryl methyl sites for hydroxylation is 2. The highest BCUT2D eigenvalue weighted by Gasteiger charge is 2.28. The predicted octanol–water partition coefficient (Wildman–Crippen LogP) is 4.09. The summed E-state index contributed by atoms with van der Waals surface area (Å²) in [4.78, 5) is 21.6. The first kappa shape index (κ1) is 30.0. The van der Waals surface area contributed by atoms with Crippen LogP contribution in [0.4, 0.5) is 13.2 Å². The molecule has 0 aliphatic heterocycles. The Morgan fingerprint density at radius 2 is 1.95 bits per heavy atom.